The lowest BCUT2D eigenvalue weighted by molar-refractivity contribution is -0.113. The Morgan fingerprint density at radius 3 is 2.24 bits per heavy atom. The van der Waals surface area contributed by atoms with Gasteiger partial charge in [0.05, 0.1) is 30.7 Å². The number of hydrogen-bond donors (Lipinski definition) is 1. The third kappa shape index (κ3) is 5.47. The third-order valence-electron chi connectivity index (χ3n) is 4.85. The molecule has 3 aromatic carbocycles. The summed E-state index contributed by atoms with van der Waals surface area (Å²) in [6.45, 7) is 0. The van der Waals surface area contributed by atoms with E-state index in [4.69, 9.17) is 32.7 Å². The van der Waals surface area contributed by atoms with E-state index in [0.29, 0.717) is 26.7 Å². The van der Waals surface area contributed by atoms with Gasteiger partial charge in [0.25, 0.3) is 0 Å². The number of anilines is 1. The van der Waals surface area contributed by atoms with Gasteiger partial charge in [-0.1, -0.05) is 35.0 Å². The molecule has 0 saturated heterocycles. The first-order valence-corrected chi connectivity index (χ1v) is 11.8. The lowest BCUT2D eigenvalue weighted by Crippen LogP contribution is -2.15. The quantitative estimate of drug-likeness (QED) is 0.291. The molecular formula is C24H20Cl2N4O3S. The lowest BCUT2D eigenvalue weighted by atomic mass is 10.2. The van der Waals surface area contributed by atoms with Crippen LogP contribution in [0.5, 0.6) is 11.5 Å². The van der Waals surface area contributed by atoms with Crippen LogP contribution in [-0.4, -0.2) is 40.6 Å². The number of nitrogens with zero attached hydrogens (tertiary/aromatic N) is 3. The fourth-order valence-corrected chi connectivity index (χ4v) is 4.25. The molecule has 0 unspecified atom stereocenters. The summed E-state index contributed by atoms with van der Waals surface area (Å²) in [7, 11) is 3.23. The summed E-state index contributed by atoms with van der Waals surface area (Å²) in [5, 5.41) is 13.0. The lowest BCUT2D eigenvalue weighted by Gasteiger charge is -2.12. The first kappa shape index (κ1) is 23.9. The highest BCUT2D eigenvalue weighted by Crippen LogP contribution is 2.30. The normalized spacial score (nSPS) is 10.7. The number of carbonyl (C=O) groups excluding carboxylic acids is 1. The highest BCUT2D eigenvalue weighted by Gasteiger charge is 2.18. The molecule has 0 radical (unpaired) electrons. The summed E-state index contributed by atoms with van der Waals surface area (Å²) < 4.78 is 12.4. The summed E-state index contributed by atoms with van der Waals surface area (Å²) in [5.41, 5.74) is 2.14. The molecule has 1 heterocycles. The second-order valence-electron chi connectivity index (χ2n) is 7.03. The van der Waals surface area contributed by atoms with Crippen LogP contribution in [0.3, 0.4) is 0 Å². The predicted molar refractivity (Wildman–Crippen MR) is 136 cm³/mol. The van der Waals surface area contributed by atoms with Crippen molar-refractivity contribution in [3.8, 4) is 28.6 Å². The molecular weight excluding hydrogens is 495 g/mol. The number of amides is 1. The number of benzene rings is 3. The molecule has 1 N–H and O–H groups in total. The standard InChI is InChI=1S/C24H20Cl2N4O3S/c1-32-18-8-3-15(4-9-18)23-28-29-24(30(23)17-6-10-19(33-2)11-7-17)34-14-22(31)27-21-13-16(25)5-12-20(21)26/h3-13H,14H2,1-2H3,(H,27,31). The van der Waals surface area contributed by atoms with E-state index in [1.54, 1.807) is 32.4 Å². The zero-order valence-electron chi connectivity index (χ0n) is 18.3. The Bertz CT molecular complexity index is 1290. The third-order valence-corrected chi connectivity index (χ3v) is 6.34. The smallest absolute Gasteiger partial charge is 0.234 e. The second kappa shape index (κ2) is 10.8. The number of thioether (sulfide) groups is 1. The summed E-state index contributed by atoms with van der Waals surface area (Å²) in [4.78, 5) is 12.6. The van der Waals surface area contributed by atoms with Gasteiger partial charge in [-0.3, -0.25) is 9.36 Å². The van der Waals surface area contributed by atoms with Crippen molar-refractivity contribution >= 4 is 46.6 Å². The SMILES string of the molecule is COc1ccc(-c2nnc(SCC(=O)Nc3cc(Cl)ccc3Cl)n2-c2ccc(OC)cc2)cc1. The highest BCUT2D eigenvalue weighted by atomic mass is 35.5. The molecule has 0 spiro atoms. The van der Waals surface area contributed by atoms with Gasteiger partial charge in [-0.15, -0.1) is 10.2 Å². The number of ether oxygens (including phenoxy) is 2. The van der Waals surface area contributed by atoms with Gasteiger partial charge in [0.15, 0.2) is 11.0 Å². The average Bonchev–Trinajstić information content (AvgIpc) is 3.29. The molecule has 4 aromatic rings. The van der Waals surface area contributed by atoms with Gasteiger partial charge >= 0.3 is 0 Å². The molecule has 174 valence electrons. The van der Waals surface area contributed by atoms with E-state index >= 15 is 0 Å². The van der Waals surface area contributed by atoms with Crippen molar-refractivity contribution in [2.75, 3.05) is 25.3 Å². The van der Waals surface area contributed by atoms with Gasteiger partial charge in [-0.05, 0) is 66.7 Å². The molecule has 1 aromatic heterocycles. The first-order valence-electron chi connectivity index (χ1n) is 10.1. The summed E-state index contributed by atoms with van der Waals surface area (Å²) in [5.74, 6) is 1.96. The summed E-state index contributed by atoms with van der Waals surface area (Å²) >= 11 is 13.4. The number of hydrogen-bond acceptors (Lipinski definition) is 6. The van der Waals surface area contributed by atoms with E-state index in [1.165, 1.54) is 11.8 Å². The molecule has 0 aliphatic heterocycles. The van der Waals surface area contributed by atoms with E-state index in [2.05, 4.69) is 15.5 Å². The van der Waals surface area contributed by atoms with Crippen LogP contribution in [0.2, 0.25) is 10.0 Å². The maximum Gasteiger partial charge on any atom is 0.234 e. The van der Waals surface area contributed by atoms with Crippen LogP contribution in [0.1, 0.15) is 0 Å². The largest absolute Gasteiger partial charge is 0.497 e. The Hall–Kier alpha value is -3.20. The zero-order valence-corrected chi connectivity index (χ0v) is 20.6. The molecule has 0 atom stereocenters. The van der Waals surface area contributed by atoms with Crippen molar-refractivity contribution in [3.63, 3.8) is 0 Å². The monoisotopic (exact) mass is 514 g/mol. The minimum atomic E-state index is -0.246. The Morgan fingerprint density at radius 1 is 0.941 bits per heavy atom. The van der Waals surface area contributed by atoms with Crippen molar-refractivity contribution in [1.82, 2.24) is 14.8 Å². The molecule has 0 aliphatic rings. The topological polar surface area (TPSA) is 78.3 Å². The predicted octanol–water partition coefficient (Wildman–Crippen LogP) is 5.99. The molecule has 0 bridgehead atoms. The van der Waals surface area contributed by atoms with Crippen LogP contribution >= 0.6 is 35.0 Å². The van der Waals surface area contributed by atoms with Gasteiger partial charge in [0.2, 0.25) is 5.91 Å². The summed E-state index contributed by atoms with van der Waals surface area (Å²) in [6.07, 6.45) is 0. The Balaban J connectivity index is 1.61. The van der Waals surface area contributed by atoms with Crippen molar-refractivity contribution in [2.45, 2.75) is 5.16 Å². The van der Waals surface area contributed by atoms with Crippen LogP contribution in [0.15, 0.2) is 71.9 Å². The van der Waals surface area contributed by atoms with Crippen LogP contribution in [0, 0.1) is 0 Å². The van der Waals surface area contributed by atoms with Crippen molar-refractivity contribution in [1.29, 1.82) is 0 Å². The molecule has 10 heteroatoms. The van der Waals surface area contributed by atoms with E-state index < -0.39 is 0 Å². The van der Waals surface area contributed by atoms with E-state index in [0.717, 1.165) is 22.7 Å². The number of nitrogens with one attached hydrogen (secondary N) is 1. The number of carbonyl (C=O) groups is 1. The number of methoxy groups -OCH3 is 2. The second-order valence-corrected chi connectivity index (χ2v) is 8.82. The average molecular weight is 515 g/mol. The van der Waals surface area contributed by atoms with Gasteiger partial charge < -0.3 is 14.8 Å². The molecule has 0 fully saturated rings. The fourth-order valence-electron chi connectivity index (χ4n) is 3.16. The van der Waals surface area contributed by atoms with Crippen molar-refractivity contribution < 1.29 is 14.3 Å². The first-order chi connectivity index (χ1) is 16.5. The highest BCUT2D eigenvalue weighted by molar-refractivity contribution is 7.99. The summed E-state index contributed by atoms with van der Waals surface area (Å²) in [6, 6.07) is 20.0. The Labute approximate surface area is 211 Å². The molecule has 7 nitrogen and oxygen atoms in total. The van der Waals surface area contributed by atoms with Gasteiger partial charge in [-0.2, -0.15) is 0 Å². The number of halogens is 2. The number of aromatic nitrogens is 3. The van der Waals surface area contributed by atoms with Crippen LogP contribution < -0.4 is 14.8 Å². The molecule has 1 amide bonds. The molecule has 0 aliphatic carbocycles. The fraction of sp³-hybridized carbons (Fsp3) is 0.125. The Kier molecular flexibility index (Phi) is 7.62. The van der Waals surface area contributed by atoms with Crippen LogP contribution in [0.25, 0.3) is 17.1 Å². The zero-order chi connectivity index (χ0) is 24.1. The maximum atomic E-state index is 12.6. The van der Waals surface area contributed by atoms with Crippen molar-refractivity contribution in [2.24, 2.45) is 0 Å². The van der Waals surface area contributed by atoms with Crippen LogP contribution in [-0.2, 0) is 4.79 Å². The molecule has 4 rings (SSSR count). The van der Waals surface area contributed by atoms with E-state index in [-0.39, 0.29) is 11.7 Å². The maximum absolute atomic E-state index is 12.6. The van der Waals surface area contributed by atoms with E-state index in [1.807, 2.05) is 53.1 Å². The van der Waals surface area contributed by atoms with Crippen molar-refractivity contribution in [3.05, 3.63) is 76.8 Å². The molecule has 0 saturated carbocycles. The van der Waals surface area contributed by atoms with Crippen LogP contribution in [0.4, 0.5) is 5.69 Å². The van der Waals surface area contributed by atoms with Gasteiger partial charge in [0.1, 0.15) is 11.5 Å². The molecule has 34 heavy (non-hydrogen) atoms. The van der Waals surface area contributed by atoms with Gasteiger partial charge in [0, 0.05) is 16.3 Å². The number of rotatable bonds is 8. The van der Waals surface area contributed by atoms with Gasteiger partial charge in [-0.25, -0.2) is 0 Å². The Morgan fingerprint density at radius 2 is 1.59 bits per heavy atom. The minimum Gasteiger partial charge on any atom is -0.497 e. The minimum absolute atomic E-state index is 0.0970. The van der Waals surface area contributed by atoms with E-state index in [9.17, 15) is 4.79 Å².